The van der Waals surface area contributed by atoms with Crippen molar-refractivity contribution in [1.82, 2.24) is 10.2 Å². The zero-order chi connectivity index (χ0) is 31.2. The molecule has 0 aliphatic heterocycles. The van der Waals surface area contributed by atoms with Crippen LogP contribution >= 0.6 is 11.6 Å². The van der Waals surface area contributed by atoms with E-state index in [1.54, 1.807) is 18.2 Å². The molecule has 0 unspecified atom stereocenters. The predicted octanol–water partition coefficient (Wildman–Crippen LogP) is 6.05. The number of halogens is 4. The molecular formula is C30H33ClF3N3O4S. The van der Waals surface area contributed by atoms with Crippen molar-refractivity contribution in [2.75, 3.05) is 17.4 Å². The minimum atomic E-state index is -4.88. The summed E-state index contributed by atoms with van der Waals surface area (Å²) in [6.07, 6.45) is -4.88. The molecule has 7 nitrogen and oxygen atoms in total. The molecule has 226 valence electrons. The average molecular weight is 624 g/mol. The Morgan fingerprint density at radius 3 is 2.17 bits per heavy atom. The standard InChI is InChI=1S/C30H33ClF3N3O4S/c1-20(2)17-35-29(39)22(4)36(18-23-11-9-8-10-21(23)3)28(38)19-37(42(40,41)25-12-6-5-7-13-25)24-14-15-27(31)26(16-24)30(32,33)34/h5-16,20,22H,17-19H2,1-4H3,(H,35,39)/t22-/m0/s1. The van der Waals surface area contributed by atoms with Gasteiger partial charge in [-0.2, -0.15) is 13.2 Å². The molecule has 3 aromatic carbocycles. The average Bonchev–Trinajstić information content (AvgIpc) is 2.93. The second-order valence-electron chi connectivity index (χ2n) is 10.2. The highest BCUT2D eigenvalue weighted by Gasteiger charge is 2.37. The highest BCUT2D eigenvalue weighted by molar-refractivity contribution is 7.92. The van der Waals surface area contributed by atoms with Gasteiger partial charge < -0.3 is 10.2 Å². The summed E-state index contributed by atoms with van der Waals surface area (Å²) in [5.41, 5.74) is -0.0960. The topological polar surface area (TPSA) is 86.8 Å². The van der Waals surface area contributed by atoms with Gasteiger partial charge in [0, 0.05) is 13.1 Å². The summed E-state index contributed by atoms with van der Waals surface area (Å²) in [6, 6.07) is 15.9. The number of carbonyl (C=O) groups excluding carboxylic acids is 2. The van der Waals surface area contributed by atoms with Crippen molar-refractivity contribution in [3.8, 4) is 0 Å². The van der Waals surface area contributed by atoms with Crippen LogP contribution < -0.4 is 9.62 Å². The predicted molar refractivity (Wildman–Crippen MR) is 156 cm³/mol. The van der Waals surface area contributed by atoms with Crippen molar-refractivity contribution in [3.05, 3.63) is 94.5 Å². The summed E-state index contributed by atoms with van der Waals surface area (Å²) >= 11 is 5.80. The molecule has 0 spiro atoms. The van der Waals surface area contributed by atoms with Crippen LogP contribution in [0.3, 0.4) is 0 Å². The second kappa shape index (κ2) is 13.6. The fourth-order valence-corrected chi connectivity index (χ4v) is 5.79. The highest BCUT2D eigenvalue weighted by Crippen LogP contribution is 2.38. The number of hydrogen-bond donors (Lipinski definition) is 1. The van der Waals surface area contributed by atoms with Crippen LogP contribution in [0.2, 0.25) is 5.02 Å². The van der Waals surface area contributed by atoms with Crippen molar-refractivity contribution < 1.29 is 31.2 Å². The van der Waals surface area contributed by atoms with Crippen molar-refractivity contribution in [2.45, 2.75) is 51.4 Å². The second-order valence-corrected chi connectivity index (χ2v) is 12.5. The van der Waals surface area contributed by atoms with E-state index in [0.717, 1.165) is 23.3 Å². The Bertz CT molecular complexity index is 1520. The molecule has 0 bridgehead atoms. The number of benzene rings is 3. The summed E-state index contributed by atoms with van der Waals surface area (Å²) in [7, 11) is -4.53. The number of sulfonamides is 1. The molecule has 0 fully saturated rings. The van der Waals surface area contributed by atoms with Gasteiger partial charge in [0.25, 0.3) is 10.0 Å². The van der Waals surface area contributed by atoms with Gasteiger partial charge in [-0.25, -0.2) is 8.42 Å². The molecule has 0 saturated heterocycles. The number of nitrogens with zero attached hydrogens (tertiary/aromatic N) is 2. The molecule has 3 rings (SSSR count). The van der Waals surface area contributed by atoms with E-state index in [4.69, 9.17) is 11.6 Å². The first kappa shape index (κ1) is 32.9. The zero-order valence-corrected chi connectivity index (χ0v) is 25.2. The SMILES string of the molecule is Cc1ccccc1CN(C(=O)CN(c1ccc(Cl)c(C(F)(F)F)c1)S(=O)(=O)c1ccccc1)[C@@H](C)C(=O)NCC(C)C. The Kier molecular flexibility index (Phi) is 10.7. The van der Waals surface area contributed by atoms with Crippen LogP contribution in [0.4, 0.5) is 18.9 Å². The Balaban J connectivity index is 2.10. The fraction of sp³-hybridized carbons (Fsp3) is 0.333. The third-order valence-electron chi connectivity index (χ3n) is 6.61. The van der Waals surface area contributed by atoms with Crippen molar-refractivity contribution in [3.63, 3.8) is 0 Å². The zero-order valence-electron chi connectivity index (χ0n) is 23.7. The normalized spacial score (nSPS) is 12.6. The van der Waals surface area contributed by atoms with E-state index in [9.17, 15) is 31.2 Å². The molecular weight excluding hydrogens is 591 g/mol. The Morgan fingerprint density at radius 1 is 0.952 bits per heavy atom. The van der Waals surface area contributed by atoms with Gasteiger partial charge in [0.15, 0.2) is 0 Å². The molecule has 0 aliphatic carbocycles. The van der Waals surface area contributed by atoms with Crippen LogP contribution in [0.5, 0.6) is 0 Å². The maximum absolute atomic E-state index is 13.9. The van der Waals surface area contributed by atoms with Crippen LogP contribution in [0.15, 0.2) is 77.7 Å². The van der Waals surface area contributed by atoms with E-state index in [1.807, 2.05) is 32.9 Å². The van der Waals surface area contributed by atoms with Crippen LogP contribution in [0.1, 0.15) is 37.5 Å². The van der Waals surface area contributed by atoms with Gasteiger partial charge in [0.05, 0.1) is 21.2 Å². The number of amides is 2. The van der Waals surface area contributed by atoms with E-state index in [-0.39, 0.29) is 17.4 Å². The molecule has 2 amide bonds. The largest absolute Gasteiger partial charge is 0.417 e. The van der Waals surface area contributed by atoms with Crippen LogP contribution in [-0.2, 0) is 32.3 Å². The van der Waals surface area contributed by atoms with E-state index >= 15 is 0 Å². The molecule has 1 N–H and O–H groups in total. The Labute approximate surface area is 249 Å². The maximum atomic E-state index is 13.9. The molecule has 0 aromatic heterocycles. The highest BCUT2D eigenvalue weighted by atomic mass is 35.5. The lowest BCUT2D eigenvalue weighted by atomic mass is 10.1. The van der Waals surface area contributed by atoms with E-state index < -0.39 is 56.9 Å². The number of aryl methyl sites for hydroxylation is 1. The minimum absolute atomic E-state index is 0.0323. The van der Waals surface area contributed by atoms with Crippen molar-refractivity contribution in [1.29, 1.82) is 0 Å². The number of hydrogen-bond acceptors (Lipinski definition) is 4. The van der Waals surface area contributed by atoms with E-state index in [1.165, 1.54) is 36.1 Å². The molecule has 0 aliphatic rings. The summed E-state index contributed by atoms with van der Waals surface area (Å²) in [4.78, 5) is 28.0. The fourth-order valence-electron chi connectivity index (χ4n) is 4.14. The Morgan fingerprint density at radius 2 is 1.57 bits per heavy atom. The summed E-state index contributed by atoms with van der Waals surface area (Å²) in [6.45, 7) is 6.63. The minimum Gasteiger partial charge on any atom is -0.354 e. The number of alkyl halides is 3. The summed E-state index contributed by atoms with van der Waals surface area (Å²) < 4.78 is 69.4. The molecule has 0 radical (unpaired) electrons. The van der Waals surface area contributed by atoms with Crippen molar-refractivity contribution in [2.24, 2.45) is 5.92 Å². The first-order valence-electron chi connectivity index (χ1n) is 13.2. The van der Waals surface area contributed by atoms with Crippen LogP contribution in [0, 0.1) is 12.8 Å². The summed E-state index contributed by atoms with van der Waals surface area (Å²) in [5, 5.41) is 2.17. The smallest absolute Gasteiger partial charge is 0.354 e. The molecule has 0 heterocycles. The Hall–Kier alpha value is -3.57. The molecule has 1 atom stereocenters. The van der Waals surface area contributed by atoms with Gasteiger partial charge in [-0.15, -0.1) is 0 Å². The molecule has 0 saturated carbocycles. The van der Waals surface area contributed by atoms with Gasteiger partial charge >= 0.3 is 6.18 Å². The van der Waals surface area contributed by atoms with Gasteiger partial charge in [-0.1, -0.05) is 67.9 Å². The maximum Gasteiger partial charge on any atom is 0.417 e. The number of nitrogens with one attached hydrogen (secondary N) is 1. The quantitative estimate of drug-likeness (QED) is 0.282. The molecule has 42 heavy (non-hydrogen) atoms. The monoisotopic (exact) mass is 623 g/mol. The third kappa shape index (κ3) is 8.04. The number of anilines is 1. The number of carbonyl (C=O) groups is 2. The first-order valence-corrected chi connectivity index (χ1v) is 15.0. The van der Waals surface area contributed by atoms with Gasteiger partial charge in [0.2, 0.25) is 11.8 Å². The van der Waals surface area contributed by atoms with Crippen molar-refractivity contribution >= 4 is 39.1 Å². The number of rotatable bonds is 11. The molecule has 12 heteroatoms. The van der Waals surface area contributed by atoms with Crippen LogP contribution in [-0.4, -0.2) is 44.3 Å². The van der Waals surface area contributed by atoms with E-state index in [0.29, 0.717) is 16.9 Å². The first-order chi connectivity index (χ1) is 19.6. The lowest BCUT2D eigenvalue weighted by Gasteiger charge is -2.32. The third-order valence-corrected chi connectivity index (χ3v) is 8.72. The van der Waals surface area contributed by atoms with Gasteiger partial charge in [0.1, 0.15) is 12.6 Å². The van der Waals surface area contributed by atoms with Gasteiger partial charge in [-0.3, -0.25) is 13.9 Å². The lowest BCUT2D eigenvalue weighted by Crippen LogP contribution is -2.51. The van der Waals surface area contributed by atoms with Crippen LogP contribution in [0.25, 0.3) is 0 Å². The molecule has 3 aromatic rings. The van der Waals surface area contributed by atoms with E-state index in [2.05, 4.69) is 5.32 Å². The van der Waals surface area contributed by atoms with Gasteiger partial charge in [-0.05, 0) is 61.2 Å². The summed E-state index contributed by atoms with van der Waals surface area (Å²) in [5.74, 6) is -1.09. The lowest BCUT2D eigenvalue weighted by molar-refractivity contribution is -0.139.